The summed E-state index contributed by atoms with van der Waals surface area (Å²) in [6, 6.07) is 0. The first-order valence-corrected chi connectivity index (χ1v) is 13.0. The van der Waals surface area contributed by atoms with Crippen molar-refractivity contribution in [1.29, 1.82) is 0 Å². The van der Waals surface area contributed by atoms with Gasteiger partial charge in [-0.05, 0) is 0 Å². The van der Waals surface area contributed by atoms with E-state index in [0.717, 1.165) is 0 Å². The van der Waals surface area contributed by atoms with Gasteiger partial charge in [-0.15, -0.1) is 0 Å². The van der Waals surface area contributed by atoms with Crippen molar-refractivity contribution >= 4 is 0 Å². The fourth-order valence-electron chi connectivity index (χ4n) is 18.2. The van der Waals surface area contributed by atoms with Gasteiger partial charge in [0.2, 0.25) is 0 Å². The molecule has 0 radical (unpaired) electrons. The molecule has 0 amide bonds. The van der Waals surface area contributed by atoms with Gasteiger partial charge in [0.05, 0.1) is 0 Å². The van der Waals surface area contributed by atoms with Crippen molar-refractivity contribution < 1.29 is 32.9 Å². The van der Waals surface area contributed by atoms with Crippen LogP contribution >= 0.6 is 0 Å². The molecule has 0 bridgehead atoms. The van der Waals surface area contributed by atoms with E-state index in [9.17, 15) is 26.3 Å². The zero-order valence-electron chi connectivity index (χ0n) is 9.24. The van der Waals surface area contributed by atoms with Gasteiger partial charge in [-0.2, -0.15) is 0 Å². The van der Waals surface area contributed by atoms with Crippen LogP contribution in [0.5, 0.6) is 0 Å². The molecule has 10 fully saturated rings. The summed E-state index contributed by atoms with van der Waals surface area (Å²) in [4.78, 5) is -0.704. The van der Waals surface area contributed by atoms with E-state index in [1.54, 1.807) is 0 Å². The summed E-state index contributed by atoms with van der Waals surface area (Å²) in [5.74, 6) is 0. The molecule has 4 unspecified atom stereocenters. The molecule has 0 aliphatic carbocycles. The molecule has 7 heteroatoms. The van der Waals surface area contributed by atoms with Gasteiger partial charge in [0.1, 0.15) is 0 Å². The second-order valence-electron chi connectivity index (χ2n) is 10.7. The van der Waals surface area contributed by atoms with Crippen LogP contribution in [0.3, 0.4) is 0 Å². The molecule has 1 spiro atoms. The van der Waals surface area contributed by atoms with Crippen molar-refractivity contribution in [3.8, 4) is 0 Å². The van der Waals surface area contributed by atoms with Crippen molar-refractivity contribution in [3.63, 3.8) is 0 Å². The minimum atomic E-state index is -5.34. The van der Waals surface area contributed by atoms with Crippen molar-refractivity contribution in [2.75, 3.05) is 0 Å². The van der Waals surface area contributed by atoms with Gasteiger partial charge in [-0.1, -0.05) is 0 Å². The van der Waals surface area contributed by atoms with Crippen molar-refractivity contribution in [2.45, 2.75) is 59.5 Å². The van der Waals surface area contributed by atoms with E-state index >= 15 is 0 Å². The second-order valence-corrected chi connectivity index (χ2v) is 34.0. The number of fused-ring (bicyclic) bond motifs is 10. The van der Waals surface area contributed by atoms with Crippen LogP contribution < -0.4 is 0 Å². The van der Waals surface area contributed by atoms with Crippen molar-refractivity contribution in [3.05, 3.63) is 0 Å². The monoisotopic (exact) mass is 322 g/mol. The van der Waals surface area contributed by atoms with Gasteiger partial charge >= 0.3 is 92.4 Å². The third-order valence-electron chi connectivity index (χ3n) is 15.7. The minimum absolute atomic E-state index is 0.0206. The summed E-state index contributed by atoms with van der Waals surface area (Å²) in [6.07, 6.45) is -9.13. The molecule has 0 aromatic heterocycles. The summed E-state index contributed by atoms with van der Waals surface area (Å²) in [7, 11) is 0. The standard InChI is InChI=1S/C7H3F6.C5H5.Fe/c8-6(9,10)4-2-1-3-5(4)7(11,12)13;1-2-4-5-3-1;/h1-3H;1-5H;. The molecule has 0 saturated carbocycles. The first kappa shape index (κ1) is 7.92. The Morgan fingerprint density at radius 3 is 1.00 bits per heavy atom. The average molecular weight is 322 g/mol. The molecule has 0 nitrogen and oxygen atoms in total. The normalized spacial score (nSPS) is 114. The zero-order valence-corrected chi connectivity index (χ0v) is 10.3. The predicted octanol–water partition coefficient (Wildman–Crippen LogP) is 5.24. The molecule has 106 valence electrons. The van der Waals surface area contributed by atoms with Crippen LogP contribution in [0.15, 0.2) is 0 Å². The van der Waals surface area contributed by atoms with E-state index in [4.69, 9.17) is 0 Å². The Kier molecular flexibility index (Phi) is 0.255. The molecule has 10 heterocycles. The first-order chi connectivity index (χ1) is 8.44. The maximum absolute atomic E-state index is 13.9. The molecule has 0 aromatic carbocycles. The van der Waals surface area contributed by atoms with Gasteiger partial charge in [0, 0.05) is 0 Å². The third kappa shape index (κ3) is 0.0781. The molecule has 0 N–H and O–H groups in total. The van der Waals surface area contributed by atoms with Crippen molar-refractivity contribution in [1.82, 2.24) is 0 Å². The number of rotatable bonds is 0. The number of hydrogen-bond donors (Lipinski definition) is 0. The quantitative estimate of drug-likeness (QED) is 0.423. The molecule has 10 aliphatic rings. The SMILES string of the molecule is FC(F)(F)[C]12[CH]3[CH]4[CH]5[C]1(C(F)(F)F)[Fe]43521678[CH]2[CH]1[CH]6[CH]7[CH]28. The molecule has 10 saturated heterocycles. The van der Waals surface area contributed by atoms with E-state index in [-0.39, 0.29) is 28.9 Å². The Hall–Kier alpha value is 0.0995. The van der Waals surface area contributed by atoms with Crippen LogP contribution in [0.25, 0.3) is 0 Å². The Morgan fingerprint density at radius 2 is 0.895 bits per heavy atom. The van der Waals surface area contributed by atoms with Gasteiger partial charge in [0.25, 0.3) is 0 Å². The van der Waals surface area contributed by atoms with E-state index in [0.29, 0.717) is 0 Å². The van der Waals surface area contributed by atoms with Gasteiger partial charge in [0.15, 0.2) is 0 Å². The Labute approximate surface area is 92.7 Å². The van der Waals surface area contributed by atoms with Crippen LogP contribution in [-0.2, 0) is 6.51 Å². The predicted molar refractivity (Wildman–Crippen MR) is 47.5 cm³/mol. The average Bonchev–Trinajstić information content (AvgIpc) is 3.21. The van der Waals surface area contributed by atoms with Crippen molar-refractivity contribution in [2.24, 2.45) is 0 Å². The van der Waals surface area contributed by atoms with E-state index in [2.05, 4.69) is 0 Å². The van der Waals surface area contributed by atoms with E-state index in [1.165, 1.54) is 0 Å². The zero-order chi connectivity index (χ0) is 12.9. The molecule has 10 rings (SSSR count). The molecule has 0 aromatic rings. The molecule has 19 heavy (non-hydrogen) atoms. The fourth-order valence-corrected chi connectivity index (χ4v) is 94.0. The summed E-state index contributed by atoms with van der Waals surface area (Å²) >= 11 is 0. The molecular weight excluding hydrogens is 314 g/mol. The van der Waals surface area contributed by atoms with Crippen LogP contribution in [0, 0.1) is 0 Å². The van der Waals surface area contributed by atoms with Crippen LogP contribution in [0.1, 0.15) is 0 Å². The fraction of sp³-hybridized carbons (Fsp3) is 1.00. The van der Waals surface area contributed by atoms with E-state index < -0.39 is 37.1 Å². The Balaban J connectivity index is 1.68. The van der Waals surface area contributed by atoms with Gasteiger partial charge < -0.3 is 0 Å². The first-order valence-electron chi connectivity index (χ1n) is 6.78. The molecule has 10 aliphatic heterocycles. The molecular formula is C12H8F6Fe. The van der Waals surface area contributed by atoms with E-state index in [1.807, 2.05) is 0 Å². The number of hydrogen-bond acceptors (Lipinski definition) is 0. The second kappa shape index (κ2) is 0.611. The number of halogens is 6. The topological polar surface area (TPSA) is 0 Å². The summed E-state index contributed by atoms with van der Waals surface area (Å²) in [5, 5.41) is 0. The van der Waals surface area contributed by atoms with Gasteiger partial charge in [-0.25, -0.2) is 0 Å². The Bertz CT molecular complexity index is 990. The van der Waals surface area contributed by atoms with Crippen LogP contribution in [0.4, 0.5) is 26.3 Å². The summed E-state index contributed by atoms with van der Waals surface area (Å²) < 4.78 is 79.1. The van der Waals surface area contributed by atoms with Crippen LogP contribution in [0.2, 0.25) is 47.2 Å². The Morgan fingerprint density at radius 1 is 0.579 bits per heavy atom. The third-order valence-corrected chi connectivity index (χ3v) is 58.5. The molecule has 4 atom stereocenters. The summed E-state index contributed by atoms with van der Waals surface area (Å²) in [5.41, 5.74) is 0. The van der Waals surface area contributed by atoms with Gasteiger partial charge in [-0.3, -0.25) is 0 Å². The van der Waals surface area contributed by atoms with Crippen LogP contribution in [-0.4, -0.2) is 12.4 Å². The number of alkyl halides is 6. The summed E-state index contributed by atoms with van der Waals surface area (Å²) in [6.45, 7) is -5.34. The maximum atomic E-state index is 13.9.